The van der Waals surface area contributed by atoms with Gasteiger partial charge in [-0.3, -0.25) is 9.59 Å². The van der Waals surface area contributed by atoms with Crippen LogP contribution in [0.3, 0.4) is 0 Å². The van der Waals surface area contributed by atoms with Crippen molar-refractivity contribution in [3.63, 3.8) is 0 Å². The second kappa shape index (κ2) is 41.5. The first kappa shape index (κ1) is 73.7. The molecule has 3 aliphatic heterocycles. The van der Waals surface area contributed by atoms with Crippen LogP contribution in [-0.2, 0) is 42.8 Å². The second-order valence-corrected chi connectivity index (χ2v) is 22.9. The molecular formula is C59H107N2O21-. The van der Waals surface area contributed by atoms with E-state index >= 15 is 0 Å². The quantitative estimate of drug-likeness (QED) is 0.0305. The average molecular weight is 1180 g/mol. The Hall–Kier alpha value is -2.53. The van der Waals surface area contributed by atoms with E-state index in [1.165, 1.54) is 116 Å². The second-order valence-electron chi connectivity index (χ2n) is 22.9. The van der Waals surface area contributed by atoms with Gasteiger partial charge in [0.25, 0.3) is 0 Å². The van der Waals surface area contributed by atoms with Crippen LogP contribution in [0.5, 0.6) is 0 Å². The number of hydrogen-bond acceptors (Lipinski definition) is 21. The number of nitrogens with one attached hydrogen (secondary N) is 2. The molecule has 3 rings (SSSR count). The summed E-state index contributed by atoms with van der Waals surface area (Å²) in [5.74, 6) is -6.52. The lowest BCUT2D eigenvalue weighted by Crippen LogP contribution is -2.72. The maximum absolute atomic E-state index is 13.4. The molecule has 0 aromatic carbocycles. The Morgan fingerprint density at radius 1 is 0.646 bits per heavy atom. The summed E-state index contributed by atoms with van der Waals surface area (Å²) in [4.78, 5) is 38.2. The SMILES string of the molecule is CCCCCCCCCCCCC/C=C/[C@@H](O)[C@H](CO[C@@H]1O[C@@H](CO)[C@@H](O[C@@H]2OC(CO)[C@H](O)C(O[C@]3(C(=O)[O-])C[C@@H](O)[C@@H](NC(C)=O)C([C@H](O)[C@H](O)CO)O3)C2O)C(O)C1O)NC(=O)CCCCCCCCCCCCCCCCC. The Bertz CT molecular complexity index is 1740. The Morgan fingerprint density at radius 2 is 1.15 bits per heavy atom. The van der Waals surface area contributed by atoms with Crippen molar-refractivity contribution in [1.29, 1.82) is 0 Å². The van der Waals surface area contributed by atoms with E-state index in [0.717, 1.165) is 51.9 Å². The largest absolute Gasteiger partial charge is 0.544 e. The number of carbonyl (C=O) groups excluding carboxylic acids is 3. The molecule has 0 aromatic heterocycles. The lowest BCUT2D eigenvalue weighted by molar-refractivity contribution is -0.411. The summed E-state index contributed by atoms with van der Waals surface area (Å²) in [6.07, 6.45) is 5.17. The topological polar surface area (TPSA) is 376 Å². The third-order valence-corrected chi connectivity index (χ3v) is 15.9. The molecule has 6 unspecified atom stereocenters. The molecular weight excluding hydrogens is 1070 g/mol. The van der Waals surface area contributed by atoms with Crippen LogP contribution in [0.15, 0.2) is 12.2 Å². The standard InChI is InChI=1S/C59H108N2O21/c1-4-6-8-10-12-14-16-18-19-21-23-25-27-29-31-33-46(69)61-40(41(66)32-30-28-26-24-22-20-17-15-13-11-9-7-5-2)38-77-56-51(73)50(72)53(45(37-64)79-56)80-57-52(74)55(49(71)44(36-63)78-57)82-59(58(75)76)34-42(67)47(60-39(3)65)54(81-59)48(70)43(68)35-62/h30,32,40-45,47-57,62-64,66-68,70-74H,4-29,31,33-38H2,1-3H3,(H,60,65)(H,61,69)(H,75,76)/p-1/b32-30+/t40-,41+,42+,43+,44?,45-,47+,48+,49-,50?,51?,52?,53+,54?,55?,56+,57-,59-/m0/s1. The Balaban J connectivity index is 1.67. The number of carbonyl (C=O) groups is 3. The van der Waals surface area contributed by atoms with Crippen LogP contribution in [0.25, 0.3) is 0 Å². The third kappa shape index (κ3) is 25.4. The number of aliphatic hydroxyl groups excluding tert-OH is 11. The molecule has 3 aliphatic rings. The zero-order chi connectivity index (χ0) is 60.5. The van der Waals surface area contributed by atoms with E-state index in [2.05, 4.69) is 24.5 Å². The highest BCUT2D eigenvalue weighted by Gasteiger charge is 2.58. The minimum atomic E-state index is -3.19. The number of carboxylic acid groups (broad SMARTS) is 1. The summed E-state index contributed by atoms with van der Waals surface area (Å²) in [6.45, 7) is 2.04. The van der Waals surface area contributed by atoms with Crippen molar-refractivity contribution in [2.75, 3.05) is 26.4 Å². The minimum absolute atomic E-state index is 0.201. The fourth-order valence-corrected chi connectivity index (χ4v) is 10.9. The van der Waals surface area contributed by atoms with Crippen molar-refractivity contribution in [2.45, 2.75) is 317 Å². The van der Waals surface area contributed by atoms with Crippen LogP contribution < -0.4 is 15.7 Å². The van der Waals surface area contributed by atoms with Crippen LogP contribution >= 0.6 is 0 Å². The maximum Gasteiger partial charge on any atom is 0.220 e. The lowest BCUT2D eigenvalue weighted by Gasteiger charge is -2.52. The fourth-order valence-electron chi connectivity index (χ4n) is 10.9. The fraction of sp³-hybridized carbons (Fsp3) is 0.915. The molecule has 18 atom stereocenters. The van der Waals surface area contributed by atoms with Crippen molar-refractivity contribution in [2.24, 2.45) is 0 Å². The number of amides is 2. The number of rotatable bonds is 45. The Morgan fingerprint density at radius 3 is 1.63 bits per heavy atom. The maximum atomic E-state index is 13.4. The third-order valence-electron chi connectivity index (χ3n) is 15.9. The zero-order valence-electron chi connectivity index (χ0n) is 49.3. The van der Waals surface area contributed by atoms with Crippen LogP contribution in [0.1, 0.15) is 207 Å². The summed E-state index contributed by atoms with van der Waals surface area (Å²) < 4.78 is 34.5. The zero-order valence-corrected chi connectivity index (χ0v) is 49.3. The van der Waals surface area contributed by atoms with Crippen LogP contribution in [-0.4, -0.2) is 210 Å². The summed E-state index contributed by atoms with van der Waals surface area (Å²) in [5.41, 5.74) is 0. The molecule has 3 fully saturated rings. The van der Waals surface area contributed by atoms with Gasteiger partial charge in [-0.25, -0.2) is 0 Å². The van der Waals surface area contributed by atoms with Crippen molar-refractivity contribution < 1.29 is 104 Å². The molecule has 0 bridgehead atoms. The van der Waals surface area contributed by atoms with Gasteiger partial charge in [-0.2, -0.15) is 0 Å². The smallest absolute Gasteiger partial charge is 0.220 e. The van der Waals surface area contributed by atoms with Gasteiger partial charge in [0.2, 0.25) is 17.6 Å². The molecule has 23 heteroatoms. The van der Waals surface area contributed by atoms with Gasteiger partial charge in [-0.1, -0.05) is 180 Å². The van der Waals surface area contributed by atoms with Gasteiger partial charge in [0, 0.05) is 19.8 Å². The lowest BCUT2D eigenvalue weighted by atomic mass is 9.88. The van der Waals surface area contributed by atoms with Gasteiger partial charge in [0.05, 0.1) is 50.7 Å². The first-order valence-electron chi connectivity index (χ1n) is 31.0. The Kier molecular flexibility index (Phi) is 37.4. The summed E-state index contributed by atoms with van der Waals surface area (Å²) in [5, 5.41) is 138. The molecule has 2 amide bonds. The number of aliphatic carboxylic acids is 1. The number of carboxylic acids is 1. The van der Waals surface area contributed by atoms with Crippen LogP contribution in [0.4, 0.5) is 0 Å². The van der Waals surface area contributed by atoms with E-state index in [4.69, 9.17) is 28.4 Å². The molecule has 3 heterocycles. The predicted octanol–water partition coefficient (Wildman–Crippen LogP) is 1.83. The molecule has 23 nitrogen and oxygen atoms in total. The number of unbranched alkanes of at least 4 members (excludes halogenated alkanes) is 25. The van der Waals surface area contributed by atoms with Gasteiger partial charge in [-0.15, -0.1) is 0 Å². The van der Waals surface area contributed by atoms with Crippen molar-refractivity contribution in [1.82, 2.24) is 10.6 Å². The molecule has 480 valence electrons. The van der Waals surface area contributed by atoms with Crippen molar-refractivity contribution in [3.8, 4) is 0 Å². The minimum Gasteiger partial charge on any atom is -0.544 e. The van der Waals surface area contributed by atoms with Gasteiger partial charge in [-0.05, 0) is 19.3 Å². The van der Waals surface area contributed by atoms with Crippen LogP contribution in [0.2, 0.25) is 0 Å². The summed E-state index contributed by atoms with van der Waals surface area (Å²) in [7, 11) is 0. The van der Waals surface area contributed by atoms with Crippen molar-refractivity contribution >= 4 is 17.8 Å². The average Bonchev–Trinajstić information content (AvgIpc) is 3.65. The Labute approximate surface area is 486 Å². The highest BCUT2D eigenvalue weighted by molar-refractivity contribution is 5.76. The van der Waals surface area contributed by atoms with E-state index in [1.807, 2.05) is 6.08 Å². The van der Waals surface area contributed by atoms with E-state index < -0.39 is 155 Å². The van der Waals surface area contributed by atoms with E-state index in [0.29, 0.717) is 12.8 Å². The van der Waals surface area contributed by atoms with E-state index in [-0.39, 0.29) is 12.3 Å². The van der Waals surface area contributed by atoms with E-state index in [1.54, 1.807) is 6.08 Å². The van der Waals surface area contributed by atoms with Crippen LogP contribution in [0, 0.1) is 0 Å². The summed E-state index contributed by atoms with van der Waals surface area (Å²) >= 11 is 0. The van der Waals surface area contributed by atoms with Gasteiger partial charge < -0.3 is 105 Å². The number of hydrogen-bond donors (Lipinski definition) is 13. The molecule has 13 N–H and O–H groups in total. The molecule has 0 aliphatic carbocycles. The number of ether oxygens (including phenoxy) is 6. The van der Waals surface area contributed by atoms with Crippen molar-refractivity contribution in [3.05, 3.63) is 12.2 Å². The molecule has 82 heavy (non-hydrogen) atoms. The molecule has 0 aromatic rings. The normalized spacial score (nSPS) is 30.2. The van der Waals surface area contributed by atoms with Gasteiger partial charge >= 0.3 is 0 Å². The highest BCUT2D eigenvalue weighted by Crippen LogP contribution is 2.38. The first-order valence-corrected chi connectivity index (χ1v) is 31.0. The van der Waals surface area contributed by atoms with Gasteiger partial charge in [0.1, 0.15) is 73.1 Å². The molecule has 0 saturated carbocycles. The monoisotopic (exact) mass is 1180 g/mol. The number of allylic oxidation sites excluding steroid dienone is 1. The first-order chi connectivity index (χ1) is 39.4. The summed E-state index contributed by atoms with van der Waals surface area (Å²) in [6, 6.07) is -2.64. The molecule has 0 radical (unpaired) electrons. The number of aliphatic hydroxyl groups is 11. The van der Waals surface area contributed by atoms with E-state index in [9.17, 15) is 75.7 Å². The highest BCUT2D eigenvalue weighted by atomic mass is 16.8. The van der Waals surface area contributed by atoms with Gasteiger partial charge in [0.15, 0.2) is 12.6 Å². The molecule has 3 saturated heterocycles. The predicted molar refractivity (Wildman–Crippen MR) is 299 cm³/mol. The molecule has 0 spiro atoms.